The minimum atomic E-state index is -4.06. The molecule has 21 heavy (non-hydrogen) atoms. The molecule has 0 amide bonds. The molecule has 2 unspecified atom stereocenters. The average molecular weight is 352 g/mol. The summed E-state index contributed by atoms with van der Waals surface area (Å²) in [7, 11) is -4.06. The van der Waals surface area contributed by atoms with Crippen LogP contribution in [0.25, 0.3) is 0 Å². The molecule has 0 spiro atoms. The summed E-state index contributed by atoms with van der Waals surface area (Å²) in [6.45, 7) is 1.87. The minimum Gasteiger partial charge on any atom is -0.480 e. The first kappa shape index (κ1) is 16.5. The van der Waals surface area contributed by atoms with Gasteiger partial charge in [-0.3, -0.25) is 4.79 Å². The molecule has 0 bridgehead atoms. The maximum Gasteiger partial charge on any atom is 0.322 e. The number of benzene rings is 1. The predicted molar refractivity (Wildman–Crippen MR) is 80.2 cm³/mol. The number of hydrogen-bond acceptors (Lipinski definition) is 3. The van der Waals surface area contributed by atoms with E-state index in [1.165, 1.54) is 18.2 Å². The van der Waals surface area contributed by atoms with Crippen LogP contribution in [0, 0.1) is 5.92 Å². The highest BCUT2D eigenvalue weighted by atomic mass is 35.5. The maximum atomic E-state index is 12.8. The van der Waals surface area contributed by atoms with Crippen molar-refractivity contribution >= 4 is 39.2 Å². The monoisotopic (exact) mass is 351 g/mol. The fraction of sp³-hybridized carbons (Fsp3) is 0.462. The molecule has 116 valence electrons. The van der Waals surface area contributed by atoms with Crippen LogP contribution in [0.4, 0.5) is 0 Å². The zero-order valence-electron chi connectivity index (χ0n) is 11.3. The zero-order valence-corrected chi connectivity index (χ0v) is 13.6. The van der Waals surface area contributed by atoms with Crippen LogP contribution in [0.5, 0.6) is 0 Å². The Balaban J connectivity index is 2.54. The Morgan fingerprint density at radius 1 is 1.33 bits per heavy atom. The molecule has 0 saturated carbocycles. The van der Waals surface area contributed by atoms with Crippen molar-refractivity contribution in [2.24, 2.45) is 5.92 Å². The minimum absolute atomic E-state index is 0.00938. The molecule has 1 N–H and O–H groups in total. The standard InChI is InChI=1S/C13H15Cl2NO4S/c1-8-4-3-7-16(11(8)13(17)18)21(19,20)12-9(14)5-2-6-10(12)15/h2,5-6,8,11H,3-4,7H2,1H3,(H,17,18). The van der Waals surface area contributed by atoms with Gasteiger partial charge in [-0.05, 0) is 30.9 Å². The van der Waals surface area contributed by atoms with E-state index in [0.29, 0.717) is 12.8 Å². The van der Waals surface area contributed by atoms with Gasteiger partial charge in [0.15, 0.2) is 0 Å². The summed E-state index contributed by atoms with van der Waals surface area (Å²) in [5, 5.41) is 9.34. The van der Waals surface area contributed by atoms with Gasteiger partial charge in [0.2, 0.25) is 10.0 Å². The molecular weight excluding hydrogens is 337 g/mol. The van der Waals surface area contributed by atoms with Crippen LogP contribution in [-0.4, -0.2) is 36.4 Å². The maximum absolute atomic E-state index is 12.8. The van der Waals surface area contributed by atoms with E-state index in [1.807, 2.05) is 0 Å². The number of carboxylic acids is 1. The fourth-order valence-electron chi connectivity index (χ4n) is 2.63. The normalized spacial score (nSPS) is 24.0. The first-order valence-corrected chi connectivity index (χ1v) is 8.65. The molecule has 1 aromatic rings. The molecule has 1 aliphatic rings. The average Bonchev–Trinajstić information content (AvgIpc) is 2.37. The third kappa shape index (κ3) is 3.04. The fourth-order valence-corrected chi connectivity index (χ4v) is 5.44. The van der Waals surface area contributed by atoms with E-state index in [1.54, 1.807) is 6.92 Å². The highest BCUT2D eigenvalue weighted by molar-refractivity contribution is 7.89. The molecule has 2 atom stereocenters. The van der Waals surface area contributed by atoms with Crippen molar-refractivity contribution in [3.8, 4) is 0 Å². The van der Waals surface area contributed by atoms with Crippen molar-refractivity contribution in [1.82, 2.24) is 4.31 Å². The second-order valence-corrected chi connectivity index (χ2v) is 7.71. The van der Waals surface area contributed by atoms with E-state index in [-0.39, 0.29) is 27.4 Å². The molecule has 0 radical (unpaired) electrons. The van der Waals surface area contributed by atoms with Gasteiger partial charge in [-0.2, -0.15) is 4.31 Å². The molecule has 8 heteroatoms. The van der Waals surface area contributed by atoms with Gasteiger partial charge in [0, 0.05) is 6.54 Å². The summed E-state index contributed by atoms with van der Waals surface area (Å²) < 4.78 is 26.6. The van der Waals surface area contributed by atoms with Gasteiger partial charge in [0.1, 0.15) is 10.9 Å². The van der Waals surface area contributed by atoms with Gasteiger partial charge >= 0.3 is 5.97 Å². The first-order chi connectivity index (χ1) is 9.76. The van der Waals surface area contributed by atoms with E-state index in [2.05, 4.69) is 0 Å². The summed E-state index contributed by atoms with van der Waals surface area (Å²) in [6.07, 6.45) is 1.27. The number of rotatable bonds is 3. The lowest BCUT2D eigenvalue weighted by molar-refractivity contribution is -0.144. The number of piperidine rings is 1. The van der Waals surface area contributed by atoms with E-state index < -0.39 is 22.0 Å². The third-order valence-electron chi connectivity index (χ3n) is 3.63. The van der Waals surface area contributed by atoms with Gasteiger partial charge in [0.05, 0.1) is 10.0 Å². The van der Waals surface area contributed by atoms with Crippen LogP contribution in [0.15, 0.2) is 23.1 Å². The van der Waals surface area contributed by atoms with Gasteiger partial charge in [-0.1, -0.05) is 36.2 Å². The molecule has 0 aromatic heterocycles. The molecule has 1 heterocycles. The second-order valence-electron chi connectivity index (χ2n) is 5.07. The Labute approximate surface area is 133 Å². The van der Waals surface area contributed by atoms with Crippen LogP contribution >= 0.6 is 23.2 Å². The topological polar surface area (TPSA) is 74.7 Å². The zero-order chi connectivity index (χ0) is 15.8. The van der Waals surface area contributed by atoms with Crippen LogP contribution in [0.3, 0.4) is 0 Å². The van der Waals surface area contributed by atoms with Crippen molar-refractivity contribution in [1.29, 1.82) is 0 Å². The number of sulfonamides is 1. The van der Waals surface area contributed by atoms with E-state index in [0.717, 1.165) is 4.31 Å². The lowest BCUT2D eigenvalue weighted by atomic mass is 9.93. The summed E-state index contributed by atoms with van der Waals surface area (Å²) in [5.41, 5.74) is 0. The SMILES string of the molecule is CC1CCCN(S(=O)(=O)c2c(Cl)cccc2Cl)C1C(=O)O. The Hall–Kier alpha value is -0.820. The van der Waals surface area contributed by atoms with Crippen molar-refractivity contribution in [2.45, 2.75) is 30.7 Å². The molecular formula is C13H15Cl2NO4S. The highest BCUT2D eigenvalue weighted by Gasteiger charge is 2.42. The Morgan fingerprint density at radius 2 is 1.90 bits per heavy atom. The smallest absolute Gasteiger partial charge is 0.322 e. The van der Waals surface area contributed by atoms with Crippen LogP contribution in [-0.2, 0) is 14.8 Å². The van der Waals surface area contributed by atoms with E-state index >= 15 is 0 Å². The van der Waals surface area contributed by atoms with E-state index in [9.17, 15) is 18.3 Å². The molecule has 1 aliphatic heterocycles. The van der Waals surface area contributed by atoms with Crippen molar-refractivity contribution in [2.75, 3.05) is 6.54 Å². The van der Waals surface area contributed by atoms with Crippen molar-refractivity contribution < 1.29 is 18.3 Å². The summed E-state index contributed by atoms with van der Waals surface area (Å²) in [6, 6.07) is 3.28. The van der Waals surface area contributed by atoms with Crippen molar-refractivity contribution in [3.63, 3.8) is 0 Å². The summed E-state index contributed by atoms with van der Waals surface area (Å²) in [5.74, 6) is -1.43. The van der Waals surface area contributed by atoms with Gasteiger partial charge < -0.3 is 5.11 Å². The van der Waals surface area contributed by atoms with Crippen LogP contribution in [0.2, 0.25) is 10.0 Å². The molecule has 5 nitrogen and oxygen atoms in total. The summed E-state index contributed by atoms with van der Waals surface area (Å²) in [4.78, 5) is 11.2. The first-order valence-electron chi connectivity index (χ1n) is 6.45. The summed E-state index contributed by atoms with van der Waals surface area (Å²) >= 11 is 11.9. The number of carbonyl (C=O) groups is 1. The molecule has 1 saturated heterocycles. The van der Waals surface area contributed by atoms with Crippen molar-refractivity contribution in [3.05, 3.63) is 28.2 Å². The number of halogens is 2. The molecule has 2 rings (SSSR count). The third-order valence-corrected chi connectivity index (χ3v) is 6.46. The number of hydrogen-bond donors (Lipinski definition) is 1. The molecule has 1 aromatic carbocycles. The van der Waals surface area contributed by atoms with Crippen LogP contribution in [0.1, 0.15) is 19.8 Å². The predicted octanol–water partition coefficient (Wildman–Crippen LogP) is 2.87. The number of carboxylic acid groups (broad SMARTS) is 1. The molecule has 1 fully saturated rings. The largest absolute Gasteiger partial charge is 0.480 e. The quantitative estimate of drug-likeness (QED) is 0.908. The Kier molecular flexibility index (Phi) is 4.82. The number of aliphatic carboxylic acids is 1. The molecule has 0 aliphatic carbocycles. The van der Waals surface area contributed by atoms with Crippen LogP contribution < -0.4 is 0 Å². The van der Waals surface area contributed by atoms with E-state index in [4.69, 9.17) is 23.2 Å². The van der Waals surface area contributed by atoms with Gasteiger partial charge in [-0.15, -0.1) is 0 Å². The van der Waals surface area contributed by atoms with Gasteiger partial charge in [0.25, 0.3) is 0 Å². The second kappa shape index (κ2) is 6.12. The lowest BCUT2D eigenvalue weighted by Gasteiger charge is -2.36. The Morgan fingerprint density at radius 3 is 2.43 bits per heavy atom. The number of nitrogens with zero attached hydrogens (tertiary/aromatic N) is 1. The van der Waals surface area contributed by atoms with Gasteiger partial charge in [-0.25, -0.2) is 8.42 Å². The highest BCUT2D eigenvalue weighted by Crippen LogP contribution is 2.35. The lowest BCUT2D eigenvalue weighted by Crippen LogP contribution is -2.51. The Bertz CT molecular complexity index is 642.